The summed E-state index contributed by atoms with van der Waals surface area (Å²) in [6, 6.07) is 11.9. The molecule has 23 heavy (non-hydrogen) atoms. The third-order valence-electron chi connectivity index (χ3n) is 3.97. The van der Waals surface area contributed by atoms with Gasteiger partial charge in [-0.3, -0.25) is 0 Å². The van der Waals surface area contributed by atoms with Crippen LogP contribution in [-0.2, 0) is 6.42 Å². The van der Waals surface area contributed by atoms with E-state index < -0.39 is 0 Å². The van der Waals surface area contributed by atoms with Gasteiger partial charge < -0.3 is 19.9 Å². The number of benzene rings is 2. The number of ether oxygens (including phenoxy) is 2. The first-order chi connectivity index (χ1) is 11.2. The highest BCUT2D eigenvalue weighted by Crippen LogP contribution is 2.36. The van der Waals surface area contributed by atoms with Gasteiger partial charge in [-0.05, 0) is 66.6 Å². The number of hydrogen-bond acceptors (Lipinski definition) is 4. The van der Waals surface area contributed by atoms with Crippen molar-refractivity contribution in [2.24, 2.45) is 0 Å². The maximum absolute atomic E-state index is 9.94. The lowest BCUT2D eigenvalue weighted by atomic mass is 9.92. The van der Waals surface area contributed by atoms with Crippen molar-refractivity contribution in [1.82, 2.24) is 5.32 Å². The number of aromatic hydroxyl groups is 1. The number of methoxy groups -OCH3 is 1. The lowest BCUT2D eigenvalue weighted by Crippen LogP contribution is -2.21. The molecule has 2 aromatic rings. The molecule has 2 aromatic carbocycles. The first kappa shape index (κ1) is 15.3. The smallest absolute Gasteiger partial charge is 0.160 e. The first-order valence-electron chi connectivity index (χ1n) is 7.76. The van der Waals surface area contributed by atoms with Crippen molar-refractivity contribution < 1.29 is 14.6 Å². The maximum atomic E-state index is 9.94. The fourth-order valence-electron chi connectivity index (χ4n) is 2.89. The molecule has 0 fully saturated rings. The van der Waals surface area contributed by atoms with Crippen LogP contribution in [0.5, 0.6) is 17.2 Å². The second-order valence-corrected chi connectivity index (χ2v) is 5.49. The van der Waals surface area contributed by atoms with Crippen LogP contribution in [0.2, 0.25) is 0 Å². The van der Waals surface area contributed by atoms with Gasteiger partial charge in [0.15, 0.2) is 11.5 Å². The van der Waals surface area contributed by atoms with E-state index in [2.05, 4.69) is 17.4 Å². The quantitative estimate of drug-likeness (QED) is 0.885. The van der Waals surface area contributed by atoms with Crippen LogP contribution in [0.3, 0.4) is 0 Å². The van der Waals surface area contributed by atoms with E-state index in [1.54, 1.807) is 13.2 Å². The molecular weight excluding hydrogens is 290 g/mol. The summed E-state index contributed by atoms with van der Waals surface area (Å²) in [6.45, 7) is 2.64. The molecule has 1 unspecified atom stereocenters. The van der Waals surface area contributed by atoms with Gasteiger partial charge in [-0.2, -0.15) is 0 Å². The Morgan fingerprint density at radius 2 is 2.09 bits per heavy atom. The topological polar surface area (TPSA) is 50.7 Å². The molecular formula is C19H21NO3. The SMILES string of the molecule is CCOc1cccc(CC2NC=Cc3cc(O)c(OC)cc32)c1. The van der Waals surface area contributed by atoms with Crippen LogP contribution >= 0.6 is 0 Å². The highest BCUT2D eigenvalue weighted by atomic mass is 16.5. The van der Waals surface area contributed by atoms with Crippen molar-refractivity contribution in [2.45, 2.75) is 19.4 Å². The highest BCUT2D eigenvalue weighted by molar-refractivity contribution is 5.62. The number of phenols is 1. The predicted molar refractivity (Wildman–Crippen MR) is 90.9 cm³/mol. The average molecular weight is 311 g/mol. The van der Waals surface area contributed by atoms with Gasteiger partial charge in [0.1, 0.15) is 5.75 Å². The molecule has 2 N–H and O–H groups in total. The predicted octanol–water partition coefficient (Wildman–Crippen LogP) is 3.66. The van der Waals surface area contributed by atoms with Crippen molar-refractivity contribution in [3.05, 3.63) is 59.3 Å². The van der Waals surface area contributed by atoms with Crippen molar-refractivity contribution in [1.29, 1.82) is 0 Å². The van der Waals surface area contributed by atoms with Crippen molar-refractivity contribution in [2.75, 3.05) is 13.7 Å². The summed E-state index contributed by atoms with van der Waals surface area (Å²) in [6.07, 6.45) is 4.71. The summed E-state index contributed by atoms with van der Waals surface area (Å²) in [7, 11) is 1.56. The summed E-state index contributed by atoms with van der Waals surface area (Å²) in [5, 5.41) is 13.3. The van der Waals surface area contributed by atoms with Gasteiger partial charge in [0.25, 0.3) is 0 Å². The molecule has 0 spiro atoms. The van der Waals surface area contributed by atoms with Crippen LogP contribution in [-0.4, -0.2) is 18.8 Å². The molecule has 1 atom stereocenters. The van der Waals surface area contributed by atoms with Crippen molar-refractivity contribution >= 4 is 6.08 Å². The van der Waals surface area contributed by atoms with E-state index in [1.165, 1.54) is 5.56 Å². The fraction of sp³-hybridized carbons (Fsp3) is 0.263. The standard InChI is InChI=1S/C19H21NO3/c1-3-23-15-6-4-5-13(9-15)10-17-16-12-19(22-2)18(21)11-14(16)7-8-20-17/h4-9,11-12,17,20-21H,3,10H2,1-2H3. The molecule has 0 aliphatic carbocycles. The van der Waals surface area contributed by atoms with Crippen LogP contribution in [0, 0.1) is 0 Å². The van der Waals surface area contributed by atoms with Crippen molar-refractivity contribution in [3.63, 3.8) is 0 Å². The molecule has 0 saturated heterocycles. The molecule has 1 heterocycles. The van der Waals surface area contributed by atoms with Gasteiger partial charge in [-0.15, -0.1) is 0 Å². The van der Waals surface area contributed by atoms with Crippen LogP contribution < -0.4 is 14.8 Å². The van der Waals surface area contributed by atoms with Crippen LogP contribution in [0.15, 0.2) is 42.6 Å². The Bertz CT molecular complexity index is 725. The molecule has 1 aliphatic heterocycles. The van der Waals surface area contributed by atoms with E-state index in [9.17, 15) is 5.11 Å². The summed E-state index contributed by atoms with van der Waals surface area (Å²) >= 11 is 0. The summed E-state index contributed by atoms with van der Waals surface area (Å²) in [4.78, 5) is 0. The van der Waals surface area contributed by atoms with Crippen LogP contribution in [0.1, 0.15) is 29.7 Å². The van der Waals surface area contributed by atoms with E-state index in [0.29, 0.717) is 12.4 Å². The van der Waals surface area contributed by atoms with Gasteiger partial charge in [0.2, 0.25) is 0 Å². The molecule has 120 valence electrons. The number of phenolic OH excluding ortho intramolecular Hbond substituents is 1. The maximum Gasteiger partial charge on any atom is 0.160 e. The van der Waals surface area contributed by atoms with Crippen molar-refractivity contribution in [3.8, 4) is 17.2 Å². The van der Waals surface area contributed by atoms with Crippen LogP contribution in [0.25, 0.3) is 6.08 Å². The van der Waals surface area contributed by atoms with Gasteiger partial charge in [-0.1, -0.05) is 12.1 Å². The summed E-state index contributed by atoms with van der Waals surface area (Å²) < 4.78 is 10.8. The lowest BCUT2D eigenvalue weighted by Gasteiger charge is -2.25. The normalized spacial score (nSPS) is 15.7. The third kappa shape index (κ3) is 3.26. The molecule has 0 saturated carbocycles. The van der Waals surface area contributed by atoms with Gasteiger partial charge >= 0.3 is 0 Å². The summed E-state index contributed by atoms with van der Waals surface area (Å²) in [5.74, 6) is 1.55. The lowest BCUT2D eigenvalue weighted by molar-refractivity contribution is 0.340. The van der Waals surface area contributed by atoms with E-state index in [4.69, 9.17) is 9.47 Å². The highest BCUT2D eigenvalue weighted by Gasteiger charge is 2.20. The van der Waals surface area contributed by atoms with E-state index in [-0.39, 0.29) is 11.8 Å². The zero-order chi connectivity index (χ0) is 16.2. The Morgan fingerprint density at radius 1 is 1.22 bits per heavy atom. The second-order valence-electron chi connectivity index (χ2n) is 5.49. The number of hydrogen-bond donors (Lipinski definition) is 2. The van der Waals surface area contributed by atoms with Gasteiger partial charge in [0.05, 0.1) is 19.8 Å². The van der Waals surface area contributed by atoms with Gasteiger partial charge in [0, 0.05) is 0 Å². The monoisotopic (exact) mass is 311 g/mol. The largest absolute Gasteiger partial charge is 0.504 e. The minimum absolute atomic E-state index is 0.126. The Hall–Kier alpha value is -2.62. The molecule has 3 rings (SSSR count). The minimum Gasteiger partial charge on any atom is -0.504 e. The zero-order valence-corrected chi connectivity index (χ0v) is 13.4. The number of nitrogens with one attached hydrogen (secondary N) is 1. The molecule has 1 aliphatic rings. The van der Waals surface area contributed by atoms with Gasteiger partial charge in [-0.25, -0.2) is 0 Å². The molecule has 0 radical (unpaired) electrons. The zero-order valence-electron chi connectivity index (χ0n) is 13.4. The Balaban J connectivity index is 1.88. The first-order valence-corrected chi connectivity index (χ1v) is 7.76. The molecule has 0 amide bonds. The fourth-order valence-corrected chi connectivity index (χ4v) is 2.89. The second kappa shape index (κ2) is 6.65. The summed E-state index contributed by atoms with van der Waals surface area (Å²) in [5.41, 5.74) is 3.32. The van der Waals surface area contributed by atoms with E-state index in [1.807, 2.05) is 37.4 Å². The van der Waals surface area contributed by atoms with E-state index in [0.717, 1.165) is 23.3 Å². The number of rotatable bonds is 5. The Labute approximate surface area is 136 Å². The molecule has 0 bridgehead atoms. The molecule has 4 heteroatoms. The molecule has 4 nitrogen and oxygen atoms in total. The van der Waals surface area contributed by atoms with Crippen LogP contribution in [0.4, 0.5) is 0 Å². The third-order valence-corrected chi connectivity index (χ3v) is 3.97. The number of fused-ring (bicyclic) bond motifs is 1. The average Bonchev–Trinajstić information content (AvgIpc) is 2.55. The Kier molecular flexibility index (Phi) is 4.42. The molecule has 0 aromatic heterocycles. The van der Waals surface area contributed by atoms with E-state index >= 15 is 0 Å². The Morgan fingerprint density at radius 3 is 2.87 bits per heavy atom. The minimum atomic E-state index is 0.126.